The number of aromatic nitrogens is 2. The lowest BCUT2D eigenvalue weighted by atomic mass is 9.96. The molecular weight excluding hydrogens is 300 g/mol. The summed E-state index contributed by atoms with van der Waals surface area (Å²) in [6, 6.07) is -0.0219. The first-order valence-corrected chi connectivity index (χ1v) is 8.97. The average Bonchev–Trinajstić information content (AvgIpc) is 2.88. The highest BCUT2D eigenvalue weighted by molar-refractivity contribution is 7.91. The van der Waals surface area contributed by atoms with E-state index in [-0.39, 0.29) is 21.4 Å². The first-order chi connectivity index (χ1) is 9.51. The van der Waals surface area contributed by atoms with E-state index in [0.717, 1.165) is 43.4 Å². The molecule has 1 heterocycles. The van der Waals surface area contributed by atoms with Crippen LogP contribution >= 0.6 is 11.3 Å². The molecule has 0 aromatic carbocycles. The molecule has 2 N–H and O–H groups in total. The van der Waals surface area contributed by atoms with E-state index < -0.39 is 10.0 Å². The van der Waals surface area contributed by atoms with E-state index >= 15 is 0 Å². The Labute approximate surface area is 122 Å². The number of nitrogens with one attached hydrogen (secondary N) is 2. The second-order valence-electron chi connectivity index (χ2n) is 4.73. The van der Waals surface area contributed by atoms with Crippen LogP contribution in [0.15, 0.2) is 4.34 Å². The van der Waals surface area contributed by atoms with Gasteiger partial charge in [0.25, 0.3) is 10.0 Å². The van der Waals surface area contributed by atoms with E-state index in [0.29, 0.717) is 6.42 Å². The first-order valence-electron chi connectivity index (χ1n) is 6.67. The van der Waals surface area contributed by atoms with Crippen LogP contribution in [0.4, 0.5) is 5.13 Å². The van der Waals surface area contributed by atoms with Crippen molar-refractivity contribution < 1.29 is 13.2 Å². The second-order valence-corrected chi connectivity index (χ2v) is 7.60. The van der Waals surface area contributed by atoms with Crippen LogP contribution in [0.25, 0.3) is 0 Å². The van der Waals surface area contributed by atoms with Gasteiger partial charge in [0, 0.05) is 12.5 Å². The van der Waals surface area contributed by atoms with Crippen LogP contribution in [0.1, 0.15) is 45.4 Å². The van der Waals surface area contributed by atoms with Crippen molar-refractivity contribution in [1.82, 2.24) is 14.9 Å². The van der Waals surface area contributed by atoms with Gasteiger partial charge in [-0.25, -0.2) is 13.1 Å². The number of hydrogen-bond donors (Lipinski definition) is 2. The minimum Gasteiger partial charge on any atom is -0.301 e. The molecular formula is C11H18N4O3S2. The van der Waals surface area contributed by atoms with Crippen molar-refractivity contribution in [3.05, 3.63) is 0 Å². The van der Waals surface area contributed by atoms with E-state index in [1.54, 1.807) is 6.92 Å². The molecule has 1 saturated carbocycles. The van der Waals surface area contributed by atoms with E-state index in [1.807, 2.05) is 0 Å². The molecule has 0 saturated heterocycles. The van der Waals surface area contributed by atoms with Gasteiger partial charge in [-0.15, -0.1) is 10.2 Å². The van der Waals surface area contributed by atoms with Gasteiger partial charge in [-0.05, 0) is 12.8 Å². The normalized spacial score (nSPS) is 17.1. The molecule has 7 nitrogen and oxygen atoms in total. The third kappa shape index (κ3) is 3.97. The van der Waals surface area contributed by atoms with E-state index in [1.165, 1.54) is 0 Å². The van der Waals surface area contributed by atoms with E-state index in [4.69, 9.17) is 0 Å². The Hall–Kier alpha value is -1.06. The summed E-state index contributed by atoms with van der Waals surface area (Å²) >= 11 is 0.867. The minimum atomic E-state index is -3.64. The Morgan fingerprint density at radius 3 is 2.65 bits per heavy atom. The summed E-state index contributed by atoms with van der Waals surface area (Å²) in [5.74, 6) is -0.217. The number of carbonyl (C=O) groups is 1. The van der Waals surface area contributed by atoms with Crippen LogP contribution in [0, 0.1) is 0 Å². The fourth-order valence-corrected chi connectivity index (χ4v) is 4.30. The van der Waals surface area contributed by atoms with Crippen LogP contribution in [0.2, 0.25) is 0 Å². The first kappa shape index (κ1) is 15.3. The van der Waals surface area contributed by atoms with Crippen LogP contribution in [-0.2, 0) is 14.8 Å². The summed E-state index contributed by atoms with van der Waals surface area (Å²) in [4.78, 5) is 11.2. The number of rotatable bonds is 5. The van der Waals surface area contributed by atoms with Crippen molar-refractivity contribution in [2.75, 3.05) is 5.32 Å². The smallest absolute Gasteiger partial charge is 0.270 e. The molecule has 0 aliphatic heterocycles. The minimum absolute atomic E-state index is 0.0219. The van der Waals surface area contributed by atoms with Gasteiger partial charge in [0.05, 0.1) is 0 Å². The summed E-state index contributed by atoms with van der Waals surface area (Å²) in [6.07, 6.45) is 5.27. The SMILES string of the molecule is CCC(=O)Nc1nnc(S(=O)(=O)NC2CCCCC2)s1. The summed E-state index contributed by atoms with van der Waals surface area (Å²) < 4.78 is 26.9. The van der Waals surface area contributed by atoms with Crippen molar-refractivity contribution >= 4 is 32.4 Å². The molecule has 112 valence electrons. The number of sulfonamides is 1. The highest BCUT2D eigenvalue weighted by Gasteiger charge is 2.25. The van der Waals surface area contributed by atoms with Gasteiger partial charge in [-0.1, -0.05) is 37.5 Å². The summed E-state index contributed by atoms with van der Waals surface area (Å²) in [7, 11) is -3.64. The zero-order valence-electron chi connectivity index (χ0n) is 11.3. The Bertz CT molecular complexity index is 564. The van der Waals surface area contributed by atoms with E-state index in [9.17, 15) is 13.2 Å². The Morgan fingerprint density at radius 2 is 2.00 bits per heavy atom. The third-order valence-electron chi connectivity index (χ3n) is 3.13. The number of hydrogen-bond acceptors (Lipinski definition) is 6. The molecule has 0 unspecified atom stereocenters. The summed E-state index contributed by atoms with van der Waals surface area (Å²) in [5, 5.41) is 10.0. The van der Waals surface area contributed by atoms with Crippen LogP contribution in [0.3, 0.4) is 0 Å². The fraction of sp³-hybridized carbons (Fsp3) is 0.727. The Kier molecular flexibility index (Phi) is 5.06. The van der Waals surface area contributed by atoms with Crippen molar-refractivity contribution in [3.63, 3.8) is 0 Å². The average molecular weight is 318 g/mol. The van der Waals surface area contributed by atoms with Crippen molar-refractivity contribution in [3.8, 4) is 0 Å². The van der Waals surface area contributed by atoms with Gasteiger partial charge < -0.3 is 5.32 Å². The maximum atomic E-state index is 12.2. The molecule has 20 heavy (non-hydrogen) atoms. The molecule has 1 aromatic heterocycles. The lowest BCUT2D eigenvalue weighted by molar-refractivity contribution is -0.115. The molecule has 0 atom stereocenters. The van der Waals surface area contributed by atoms with E-state index in [2.05, 4.69) is 20.2 Å². The quantitative estimate of drug-likeness (QED) is 0.801. The Balaban J connectivity index is 2.03. The van der Waals surface area contributed by atoms with Gasteiger partial charge in [-0.2, -0.15) is 0 Å². The number of carbonyl (C=O) groups excluding carboxylic acids is 1. The third-order valence-corrected chi connectivity index (χ3v) is 5.86. The maximum absolute atomic E-state index is 12.2. The highest BCUT2D eigenvalue weighted by atomic mass is 32.2. The molecule has 0 bridgehead atoms. The number of amides is 1. The van der Waals surface area contributed by atoms with Crippen molar-refractivity contribution in [2.45, 2.75) is 55.8 Å². The molecule has 1 fully saturated rings. The predicted molar refractivity (Wildman–Crippen MR) is 76.0 cm³/mol. The molecule has 1 amide bonds. The summed E-state index contributed by atoms with van der Waals surface area (Å²) in [6.45, 7) is 1.71. The monoisotopic (exact) mass is 318 g/mol. The zero-order chi connectivity index (χ0) is 14.6. The van der Waals surface area contributed by atoms with Gasteiger partial charge in [0.15, 0.2) is 0 Å². The molecule has 2 rings (SSSR count). The van der Waals surface area contributed by atoms with Gasteiger partial charge in [0.1, 0.15) is 0 Å². The second kappa shape index (κ2) is 6.59. The Morgan fingerprint density at radius 1 is 1.30 bits per heavy atom. The highest BCUT2D eigenvalue weighted by Crippen LogP contribution is 2.23. The largest absolute Gasteiger partial charge is 0.301 e. The molecule has 1 aliphatic carbocycles. The van der Waals surface area contributed by atoms with Crippen molar-refractivity contribution in [1.29, 1.82) is 0 Å². The van der Waals surface area contributed by atoms with Crippen LogP contribution in [-0.4, -0.2) is 30.6 Å². The van der Waals surface area contributed by atoms with Gasteiger partial charge in [0.2, 0.25) is 15.4 Å². The topological polar surface area (TPSA) is 101 Å². The lowest BCUT2D eigenvalue weighted by Gasteiger charge is -2.21. The molecule has 0 spiro atoms. The van der Waals surface area contributed by atoms with Crippen molar-refractivity contribution in [2.24, 2.45) is 0 Å². The predicted octanol–water partition coefficient (Wildman–Crippen LogP) is 1.50. The van der Waals surface area contributed by atoms with Gasteiger partial charge in [-0.3, -0.25) is 4.79 Å². The standard InChI is InChI=1S/C11H18N4O3S2/c1-2-9(16)12-10-13-14-11(19-10)20(17,18)15-8-6-4-3-5-7-8/h8,15H,2-7H2,1H3,(H,12,13,16). The maximum Gasteiger partial charge on any atom is 0.270 e. The van der Waals surface area contributed by atoms with Gasteiger partial charge >= 0.3 is 0 Å². The van der Waals surface area contributed by atoms with Crippen LogP contribution in [0.5, 0.6) is 0 Å². The molecule has 9 heteroatoms. The molecule has 1 aromatic rings. The molecule has 1 aliphatic rings. The fourth-order valence-electron chi connectivity index (χ4n) is 2.07. The summed E-state index contributed by atoms with van der Waals surface area (Å²) in [5.41, 5.74) is 0. The zero-order valence-corrected chi connectivity index (χ0v) is 12.9. The number of nitrogens with zero attached hydrogens (tertiary/aromatic N) is 2. The van der Waals surface area contributed by atoms with Crippen LogP contribution < -0.4 is 10.0 Å². The lowest BCUT2D eigenvalue weighted by Crippen LogP contribution is -2.36. The molecule has 0 radical (unpaired) electrons. The number of anilines is 1.